The molecular formula is C20H24ClN4O2S+. The Morgan fingerprint density at radius 3 is 2.86 bits per heavy atom. The first kappa shape index (κ1) is 19.4. The van der Waals surface area contributed by atoms with Gasteiger partial charge in [-0.05, 0) is 17.5 Å². The Hall–Kier alpha value is -1.93. The van der Waals surface area contributed by atoms with Gasteiger partial charge in [-0.3, -0.25) is 9.48 Å². The van der Waals surface area contributed by atoms with Crippen LogP contribution in [-0.2, 0) is 18.3 Å². The summed E-state index contributed by atoms with van der Waals surface area (Å²) >= 11 is 7.85. The van der Waals surface area contributed by atoms with Crippen molar-refractivity contribution in [3.63, 3.8) is 0 Å². The predicted molar refractivity (Wildman–Crippen MR) is 111 cm³/mol. The van der Waals surface area contributed by atoms with Gasteiger partial charge in [0.05, 0.1) is 42.7 Å². The summed E-state index contributed by atoms with van der Waals surface area (Å²) in [4.78, 5) is 17.4. The SMILES string of the molecule is Cn1cc(Cl)c(CN(CC[NH+]2CCOCC2)C(=O)c2cc3ccccc3s2)n1. The minimum atomic E-state index is 0.0376. The van der Waals surface area contributed by atoms with E-state index in [-0.39, 0.29) is 5.91 Å². The first-order valence-electron chi connectivity index (χ1n) is 9.47. The first-order chi connectivity index (χ1) is 13.6. The topological polar surface area (TPSA) is 51.8 Å². The molecule has 2 aromatic heterocycles. The van der Waals surface area contributed by atoms with E-state index in [1.165, 1.54) is 16.2 Å². The summed E-state index contributed by atoms with van der Waals surface area (Å²) in [6.45, 7) is 5.50. The number of hydrogen-bond donors (Lipinski definition) is 1. The van der Waals surface area contributed by atoms with Crippen LogP contribution in [0.5, 0.6) is 0 Å². The Morgan fingerprint density at radius 1 is 1.36 bits per heavy atom. The van der Waals surface area contributed by atoms with Crippen LogP contribution in [0.4, 0.5) is 0 Å². The van der Waals surface area contributed by atoms with E-state index < -0.39 is 0 Å². The lowest BCUT2D eigenvalue weighted by Gasteiger charge is -2.27. The Labute approximate surface area is 173 Å². The lowest BCUT2D eigenvalue weighted by atomic mass is 10.2. The molecule has 0 radical (unpaired) electrons. The number of aryl methyl sites for hydroxylation is 1. The number of nitrogens with one attached hydrogen (secondary N) is 1. The van der Waals surface area contributed by atoms with Crippen molar-refractivity contribution in [1.29, 1.82) is 0 Å². The van der Waals surface area contributed by atoms with Crippen molar-refractivity contribution in [2.45, 2.75) is 6.54 Å². The molecule has 6 nitrogen and oxygen atoms in total. The van der Waals surface area contributed by atoms with Crippen molar-refractivity contribution < 1.29 is 14.4 Å². The molecule has 8 heteroatoms. The number of benzene rings is 1. The molecular weight excluding hydrogens is 396 g/mol. The maximum atomic E-state index is 13.3. The minimum absolute atomic E-state index is 0.0376. The highest BCUT2D eigenvalue weighted by Crippen LogP contribution is 2.27. The normalized spacial score (nSPS) is 15.2. The minimum Gasteiger partial charge on any atom is -0.370 e. The molecule has 1 amide bonds. The number of carbonyl (C=O) groups excluding carboxylic acids is 1. The monoisotopic (exact) mass is 419 g/mol. The second kappa shape index (κ2) is 8.61. The zero-order valence-electron chi connectivity index (χ0n) is 15.9. The molecule has 4 rings (SSSR count). The number of nitrogens with zero attached hydrogens (tertiary/aromatic N) is 3. The van der Waals surface area contributed by atoms with Crippen LogP contribution < -0.4 is 4.90 Å². The molecule has 1 saturated heterocycles. The van der Waals surface area contributed by atoms with E-state index in [2.05, 4.69) is 11.2 Å². The van der Waals surface area contributed by atoms with Gasteiger partial charge in [0, 0.05) is 17.9 Å². The number of carbonyl (C=O) groups is 1. The molecule has 0 aliphatic carbocycles. The highest BCUT2D eigenvalue weighted by atomic mass is 35.5. The molecule has 1 aromatic carbocycles. The lowest BCUT2D eigenvalue weighted by molar-refractivity contribution is -0.907. The third kappa shape index (κ3) is 4.38. The van der Waals surface area contributed by atoms with Crippen LogP contribution in [0, 0.1) is 0 Å². The average Bonchev–Trinajstić information content (AvgIpc) is 3.27. The molecule has 3 aromatic rings. The zero-order valence-corrected chi connectivity index (χ0v) is 17.4. The van der Waals surface area contributed by atoms with E-state index in [0.29, 0.717) is 18.1 Å². The number of rotatable bonds is 6. The highest BCUT2D eigenvalue weighted by Gasteiger charge is 2.23. The van der Waals surface area contributed by atoms with Gasteiger partial charge in [-0.2, -0.15) is 5.10 Å². The van der Waals surface area contributed by atoms with Crippen LogP contribution in [0.1, 0.15) is 15.4 Å². The summed E-state index contributed by atoms with van der Waals surface area (Å²) in [6.07, 6.45) is 1.77. The van der Waals surface area contributed by atoms with Gasteiger partial charge >= 0.3 is 0 Å². The number of hydrogen-bond acceptors (Lipinski definition) is 4. The fourth-order valence-electron chi connectivity index (χ4n) is 3.49. The van der Waals surface area contributed by atoms with Crippen molar-refractivity contribution in [3.05, 3.63) is 52.1 Å². The van der Waals surface area contributed by atoms with E-state index in [1.54, 1.807) is 10.9 Å². The zero-order chi connectivity index (χ0) is 19.5. The van der Waals surface area contributed by atoms with Crippen molar-refractivity contribution >= 4 is 38.9 Å². The van der Waals surface area contributed by atoms with Gasteiger partial charge in [-0.1, -0.05) is 29.8 Å². The largest absolute Gasteiger partial charge is 0.370 e. The third-order valence-electron chi connectivity index (χ3n) is 5.05. The van der Waals surface area contributed by atoms with E-state index in [1.807, 2.05) is 36.2 Å². The van der Waals surface area contributed by atoms with Crippen molar-refractivity contribution in [2.75, 3.05) is 39.4 Å². The molecule has 0 atom stereocenters. The van der Waals surface area contributed by atoms with Gasteiger partial charge in [0.15, 0.2) is 0 Å². The maximum absolute atomic E-state index is 13.3. The maximum Gasteiger partial charge on any atom is 0.264 e. The van der Waals surface area contributed by atoms with E-state index in [9.17, 15) is 4.79 Å². The summed E-state index contributed by atoms with van der Waals surface area (Å²) in [5.41, 5.74) is 0.732. The number of amides is 1. The van der Waals surface area contributed by atoms with Gasteiger partial charge < -0.3 is 14.5 Å². The van der Waals surface area contributed by atoms with E-state index in [4.69, 9.17) is 16.3 Å². The smallest absolute Gasteiger partial charge is 0.264 e. The van der Waals surface area contributed by atoms with Gasteiger partial charge in [-0.15, -0.1) is 11.3 Å². The third-order valence-corrected chi connectivity index (χ3v) is 6.47. The lowest BCUT2D eigenvalue weighted by Crippen LogP contribution is -3.14. The molecule has 3 heterocycles. The number of morpholine rings is 1. The summed E-state index contributed by atoms with van der Waals surface area (Å²) in [5, 5.41) is 6.13. The van der Waals surface area contributed by atoms with Gasteiger partial charge in [0.1, 0.15) is 18.8 Å². The number of quaternary nitrogens is 1. The Morgan fingerprint density at radius 2 is 2.14 bits per heavy atom. The van der Waals surface area contributed by atoms with Crippen LogP contribution in [0.25, 0.3) is 10.1 Å². The average molecular weight is 420 g/mol. The summed E-state index contributed by atoms with van der Waals surface area (Å²) in [6, 6.07) is 10.1. The fraction of sp³-hybridized carbons (Fsp3) is 0.400. The molecule has 1 aliphatic rings. The van der Waals surface area contributed by atoms with Crippen LogP contribution in [0.3, 0.4) is 0 Å². The Balaban J connectivity index is 1.55. The number of ether oxygens (including phenoxy) is 1. The predicted octanol–water partition coefficient (Wildman–Crippen LogP) is 1.85. The molecule has 148 valence electrons. The van der Waals surface area contributed by atoms with Crippen LogP contribution in [0.2, 0.25) is 5.02 Å². The van der Waals surface area contributed by atoms with Crippen molar-refractivity contribution in [3.8, 4) is 0 Å². The number of thiophene rings is 1. The molecule has 0 saturated carbocycles. The first-order valence-corrected chi connectivity index (χ1v) is 10.7. The molecule has 28 heavy (non-hydrogen) atoms. The van der Waals surface area contributed by atoms with Gasteiger partial charge in [0.2, 0.25) is 0 Å². The van der Waals surface area contributed by atoms with Crippen LogP contribution >= 0.6 is 22.9 Å². The number of halogens is 1. The number of fused-ring (bicyclic) bond motifs is 1. The quantitative estimate of drug-likeness (QED) is 0.663. The molecule has 1 N–H and O–H groups in total. The van der Waals surface area contributed by atoms with E-state index in [0.717, 1.165) is 53.5 Å². The second-order valence-electron chi connectivity index (χ2n) is 7.08. The number of aromatic nitrogens is 2. The highest BCUT2D eigenvalue weighted by molar-refractivity contribution is 7.20. The van der Waals surface area contributed by atoms with Gasteiger partial charge in [-0.25, -0.2) is 0 Å². The van der Waals surface area contributed by atoms with Crippen LogP contribution in [-0.4, -0.2) is 60.0 Å². The molecule has 1 aliphatic heterocycles. The standard InChI is InChI=1S/C20H23ClN4O2S/c1-23-13-16(21)17(22-23)14-25(7-6-24-8-10-27-11-9-24)20(26)19-12-15-4-2-3-5-18(15)28-19/h2-5,12-13H,6-11,14H2,1H3/p+1. The Bertz CT molecular complexity index is 931. The van der Waals surface area contributed by atoms with Crippen molar-refractivity contribution in [1.82, 2.24) is 14.7 Å². The molecule has 0 bridgehead atoms. The fourth-order valence-corrected chi connectivity index (χ4v) is 4.76. The molecule has 0 spiro atoms. The molecule has 0 unspecified atom stereocenters. The summed E-state index contributed by atoms with van der Waals surface area (Å²) in [7, 11) is 1.84. The summed E-state index contributed by atoms with van der Waals surface area (Å²) in [5.74, 6) is 0.0376. The van der Waals surface area contributed by atoms with Gasteiger partial charge in [0.25, 0.3) is 5.91 Å². The second-order valence-corrected chi connectivity index (χ2v) is 8.58. The summed E-state index contributed by atoms with van der Waals surface area (Å²) < 4.78 is 8.25. The molecule has 1 fully saturated rings. The van der Waals surface area contributed by atoms with E-state index >= 15 is 0 Å². The Kier molecular flexibility index (Phi) is 5.96. The van der Waals surface area contributed by atoms with Crippen LogP contribution in [0.15, 0.2) is 36.5 Å². The van der Waals surface area contributed by atoms with Crippen molar-refractivity contribution in [2.24, 2.45) is 7.05 Å².